The standard InChI is InChI=1S/C20H23FN4O/c21-16-6-2-1-5-14(16)11-19(26)25-10-8-17-15(13-25)12-23-20(24-17)18-7-3-4-9-22-18/h1-2,5-6,12,18,22H,3-4,7-11,13H2. The average Bonchev–Trinajstić information content (AvgIpc) is 2.69. The van der Waals surface area contributed by atoms with Gasteiger partial charge in [-0.25, -0.2) is 14.4 Å². The molecule has 1 unspecified atom stereocenters. The fourth-order valence-corrected chi connectivity index (χ4v) is 3.70. The molecule has 0 saturated carbocycles. The van der Waals surface area contributed by atoms with Crippen LogP contribution < -0.4 is 5.32 Å². The molecule has 136 valence electrons. The van der Waals surface area contributed by atoms with E-state index in [1.807, 2.05) is 6.20 Å². The first-order chi connectivity index (χ1) is 12.7. The van der Waals surface area contributed by atoms with Crippen LogP contribution in [0.5, 0.6) is 0 Å². The molecule has 3 heterocycles. The Kier molecular flexibility index (Phi) is 4.93. The average molecular weight is 354 g/mol. The van der Waals surface area contributed by atoms with E-state index in [1.165, 1.54) is 18.9 Å². The predicted octanol–water partition coefficient (Wildman–Crippen LogP) is 2.56. The van der Waals surface area contributed by atoms with Gasteiger partial charge in [-0.2, -0.15) is 0 Å². The van der Waals surface area contributed by atoms with E-state index >= 15 is 0 Å². The van der Waals surface area contributed by atoms with E-state index in [2.05, 4.69) is 10.3 Å². The van der Waals surface area contributed by atoms with Crippen molar-refractivity contribution >= 4 is 5.91 Å². The van der Waals surface area contributed by atoms with Gasteiger partial charge in [0, 0.05) is 31.3 Å². The molecule has 26 heavy (non-hydrogen) atoms. The molecule has 2 aromatic rings. The first-order valence-corrected chi connectivity index (χ1v) is 9.30. The maximum atomic E-state index is 13.8. The number of fused-ring (bicyclic) bond motifs is 1. The van der Waals surface area contributed by atoms with Crippen molar-refractivity contribution in [3.63, 3.8) is 0 Å². The van der Waals surface area contributed by atoms with Crippen LogP contribution in [0.25, 0.3) is 0 Å². The van der Waals surface area contributed by atoms with E-state index in [1.54, 1.807) is 23.1 Å². The summed E-state index contributed by atoms with van der Waals surface area (Å²) in [4.78, 5) is 23.6. The topological polar surface area (TPSA) is 58.1 Å². The number of nitrogens with zero attached hydrogens (tertiary/aromatic N) is 3. The lowest BCUT2D eigenvalue weighted by atomic mass is 10.0. The number of nitrogens with one attached hydrogen (secondary N) is 1. The summed E-state index contributed by atoms with van der Waals surface area (Å²) in [7, 11) is 0. The van der Waals surface area contributed by atoms with Gasteiger partial charge < -0.3 is 10.2 Å². The zero-order chi connectivity index (χ0) is 17.9. The first kappa shape index (κ1) is 17.1. The molecule has 1 aromatic carbocycles. The second-order valence-electron chi connectivity index (χ2n) is 7.04. The molecule has 1 fully saturated rings. The zero-order valence-electron chi connectivity index (χ0n) is 14.7. The van der Waals surface area contributed by atoms with Crippen LogP contribution in [0.15, 0.2) is 30.5 Å². The van der Waals surface area contributed by atoms with Gasteiger partial charge in [0.05, 0.1) is 18.2 Å². The number of halogens is 1. The lowest BCUT2D eigenvalue weighted by molar-refractivity contribution is -0.131. The van der Waals surface area contributed by atoms with Gasteiger partial charge in [0.2, 0.25) is 5.91 Å². The predicted molar refractivity (Wildman–Crippen MR) is 95.9 cm³/mol. The minimum Gasteiger partial charge on any atom is -0.338 e. The summed E-state index contributed by atoms with van der Waals surface area (Å²) < 4.78 is 13.8. The van der Waals surface area contributed by atoms with Crippen molar-refractivity contribution in [3.8, 4) is 0 Å². The van der Waals surface area contributed by atoms with Gasteiger partial charge in [-0.15, -0.1) is 0 Å². The van der Waals surface area contributed by atoms with Crippen LogP contribution >= 0.6 is 0 Å². The van der Waals surface area contributed by atoms with Crippen LogP contribution in [-0.4, -0.2) is 33.9 Å². The highest BCUT2D eigenvalue weighted by Gasteiger charge is 2.25. The van der Waals surface area contributed by atoms with E-state index in [9.17, 15) is 9.18 Å². The summed E-state index contributed by atoms with van der Waals surface area (Å²) in [6, 6.07) is 6.69. The Labute approximate surface area is 152 Å². The Balaban J connectivity index is 1.44. The maximum Gasteiger partial charge on any atom is 0.227 e. The molecule has 0 aliphatic carbocycles. The molecule has 1 aromatic heterocycles. The van der Waals surface area contributed by atoms with Crippen molar-refractivity contribution in [2.24, 2.45) is 0 Å². The third kappa shape index (κ3) is 3.60. The molecule has 4 rings (SSSR count). The normalized spacial score (nSPS) is 19.9. The van der Waals surface area contributed by atoms with Crippen molar-refractivity contribution in [3.05, 3.63) is 58.9 Å². The van der Waals surface area contributed by atoms with Crippen LogP contribution in [0.2, 0.25) is 0 Å². The molecule has 1 amide bonds. The number of benzene rings is 1. The molecule has 1 atom stereocenters. The molecule has 2 aliphatic rings. The fraction of sp³-hybridized carbons (Fsp3) is 0.450. The molecular formula is C20H23FN4O. The molecule has 6 heteroatoms. The van der Waals surface area contributed by atoms with Gasteiger partial charge in [0.15, 0.2) is 0 Å². The van der Waals surface area contributed by atoms with E-state index in [0.29, 0.717) is 18.7 Å². The zero-order valence-corrected chi connectivity index (χ0v) is 14.7. The van der Waals surface area contributed by atoms with Crippen molar-refractivity contribution in [1.82, 2.24) is 20.2 Å². The number of hydrogen-bond donors (Lipinski definition) is 1. The fourth-order valence-electron chi connectivity index (χ4n) is 3.70. The summed E-state index contributed by atoms with van der Waals surface area (Å²) in [5.41, 5.74) is 2.48. The lowest BCUT2D eigenvalue weighted by Gasteiger charge is -2.29. The smallest absolute Gasteiger partial charge is 0.227 e. The molecule has 1 saturated heterocycles. The quantitative estimate of drug-likeness (QED) is 0.920. The van der Waals surface area contributed by atoms with Gasteiger partial charge in [0.1, 0.15) is 11.6 Å². The van der Waals surface area contributed by atoms with Gasteiger partial charge in [-0.1, -0.05) is 24.6 Å². The summed E-state index contributed by atoms with van der Waals surface area (Å²) in [6.07, 6.45) is 6.16. The second kappa shape index (κ2) is 7.50. The third-order valence-electron chi connectivity index (χ3n) is 5.23. The molecule has 0 spiro atoms. The van der Waals surface area contributed by atoms with Crippen molar-refractivity contribution in [1.29, 1.82) is 0 Å². The van der Waals surface area contributed by atoms with Crippen molar-refractivity contribution in [2.75, 3.05) is 13.1 Å². The van der Waals surface area contributed by atoms with Crippen LogP contribution in [-0.2, 0) is 24.2 Å². The van der Waals surface area contributed by atoms with Gasteiger partial charge in [-0.3, -0.25) is 4.79 Å². The monoisotopic (exact) mass is 354 g/mol. The van der Waals surface area contributed by atoms with Crippen LogP contribution in [0.3, 0.4) is 0 Å². The number of hydrogen-bond acceptors (Lipinski definition) is 4. The molecule has 0 radical (unpaired) electrons. The van der Waals surface area contributed by atoms with Crippen molar-refractivity contribution in [2.45, 2.75) is 44.7 Å². The number of aromatic nitrogens is 2. The molecule has 0 bridgehead atoms. The summed E-state index contributed by atoms with van der Waals surface area (Å²) in [5.74, 6) is 0.486. The number of rotatable bonds is 3. The summed E-state index contributed by atoms with van der Waals surface area (Å²) >= 11 is 0. The Hall–Kier alpha value is -2.34. The SMILES string of the molecule is O=C(Cc1ccccc1F)N1CCc2nc(C3CCCCN3)ncc2C1. The van der Waals surface area contributed by atoms with Gasteiger partial charge in [0.25, 0.3) is 0 Å². The van der Waals surface area contributed by atoms with E-state index in [4.69, 9.17) is 4.98 Å². The Morgan fingerprint density at radius 3 is 3.00 bits per heavy atom. The molecule has 1 N–H and O–H groups in total. The minimum absolute atomic E-state index is 0.0567. The van der Waals surface area contributed by atoms with E-state index in [-0.39, 0.29) is 24.2 Å². The van der Waals surface area contributed by atoms with Crippen molar-refractivity contribution < 1.29 is 9.18 Å². The summed E-state index contributed by atoms with van der Waals surface area (Å²) in [5, 5.41) is 3.48. The second-order valence-corrected chi connectivity index (χ2v) is 7.04. The van der Waals surface area contributed by atoms with Gasteiger partial charge >= 0.3 is 0 Å². The third-order valence-corrected chi connectivity index (χ3v) is 5.23. The summed E-state index contributed by atoms with van der Waals surface area (Å²) in [6.45, 7) is 2.14. The number of piperidine rings is 1. The Morgan fingerprint density at radius 1 is 1.31 bits per heavy atom. The minimum atomic E-state index is -0.328. The molecule has 2 aliphatic heterocycles. The molecular weight excluding hydrogens is 331 g/mol. The number of carbonyl (C=O) groups excluding carboxylic acids is 1. The number of carbonyl (C=O) groups is 1. The maximum absolute atomic E-state index is 13.8. The highest BCUT2D eigenvalue weighted by molar-refractivity contribution is 5.79. The Morgan fingerprint density at radius 2 is 2.19 bits per heavy atom. The number of amides is 1. The van der Waals surface area contributed by atoms with E-state index < -0.39 is 0 Å². The van der Waals surface area contributed by atoms with Crippen LogP contribution in [0, 0.1) is 5.82 Å². The Bertz CT molecular complexity index is 804. The lowest BCUT2D eigenvalue weighted by Crippen LogP contribution is -2.38. The van der Waals surface area contributed by atoms with Crippen LogP contribution in [0.4, 0.5) is 4.39 Å². The largest absolute Gasteiger partial charge is 0.338 e. The van der Waals surface area contributed by atoms with E-state index in [0.717, 1.165) is 36.5 Å². The van der Waals surface area contributed by atoms with Crippen LogP contribution in [0.1, 0.15) is 47.9 Å². The first-order valence-electron chi connectivity index (χ1n) is 9.30. The highest BCUT2D eigenvalue weighted by Crippen LogP contribution is 2.23. The highest BCUT2D eigenvalue weighted by atomic mass is 19.1. The molecule has 5 nitrogen and oxygen atoms in total. The van der Waals surface area contributed by atoms with Gasteiger partial charge in [-0.05, 0) is 31.0 Å².